The first-order valence-corrected chi connectivity index (χ1v) is 21.0. The number of unbranched alkanes of at least 4 members (excludes halogenated alkanes) is 26. The molecule has 0 bridgehead atoms. The third kappa shape index (κ3) is 22.8. The van der Waals surface area contributed by atoms with Crippen LogP contribution in [0.2, 0.25) is 0 Å². The van der Waals surface area contributed by atoms with E-state index < -0.39 is 5.97 Å². The minimum absolute atomic E-state index is 0.266. The number of nitrogens with zero attached hydrogens (tertiary/aromatic N) is 2. The molecule has 0 saturated carbocycles. The van der Waals surface area contributed by atoms with Crippen LogP contribution in [0.25, 0.3) is 0 Å². The van der Waals surface area contributed by atoms with Crippen LogP contribution in [0.15, 0.2) is 52.7 Å². The maximum Gasteiger partial charge on any atom is 0.335 e. The van der Waals surface area contributed by atoms with Crippen molar-refractivity contribution in [3.63, 3.8) is 0 Å². The van der Waals surface area contributed by atoms with E-state index in [0.29, 0.717) is 5.69 Å². The van der Waals surface area contributed by atoms with E-state index in [4.69, 9.17) is 5.11 Å². The second-order valence-electron chi connectivity index (χ2n) is 14.7. The highest BCUT2D eigenvalue weighted by atomic mass is 16.4. The van der Waals surface area contributed by atoms with Crippen LogP contribution in [0.1, 0.15) is 215 Å². The highest BCUT2D eigenvalue weighted by molar-refractivity contribution is 5.87. The number of carboxylic acid groups (broad SMARTS) is 1. The Bertz CT molecular complexity index is 1090. The first-order chi connectivity index (χ1) is 24.1. The fraction of sp³-hybridized carbons (Fsp3) is 0.711. The van der Waals surface area contributed by atoms with Gasteiger partial charge in [-0.1, -0.05) is 187 Å². The van der Waals surface area contributed by atoms with E-state index >= 15 is 0 Å². The van der Waals surface area contributed by atoms with Crippen molar-refractivity contribution in [1.29, 1.82) is 0 Å². The molecule has 0 heterocycles. The van der Waals surface area contributed by atoms with Crippen molar-refractivity contribution >= 4 is 17.3 Å². The third-order valence-electron chi connectivity index (χ3n) is 10.2. The van der Waals surface area contributed by atoms with Gasteiger partial charge in [0.25, 0.3) is 0 Å². The van der Waals surface area contributed by atoms with Crippen molar-refractivity contribution in [1.82, 2.24) is 0 Å². The number of carbonyl (C=O) groups is 1. The molecule has 2 aromatic carbocycles. The van der Waals surface area contributed by atoms with Crippen LogP contribution < -0.4 is 0 Å². The van der Waals surface area contributed by atoms with Gasteiger partial charge in [-0.15, -0.1) is 0 Å². The molecule has 2 rings (SSSR count). The molecule has 1 N–H and O–H groups in total. The lowest BCUT2D eigenvalue weighted by Gasteiger charge is -2.11. The number of benzene rings is 2. The topological polar surface area (TPSA) is 62.0 Å². The summed E-state index contributed by atoms with van der Waals surface area (Å²) >= 11 is 0. The molecule has 0 amide bonds. The van der Waals surface area contributed by atoms with Crippen molar-refractivity contribution in [3.8, 4) is 0 Å². The number of hydrogen-bond acceptors (Lipinski definition) is 3. The Morgan fingerprint density at radius 1 is 0.429 bits per heavy atom. The lowest BCUT2D eigenvalue weighted by Crippen LogP contribution is -1.96. The van der Waals surface area contributed by atoms with Gasteiger partial charge in [-0.05, 0) is 73.2 Å². The summed E-state index contributed by atoms with van der Waals surface area (Å²) in [6, 6.07) is 13.2. The van der Waals surface area contributed by atoms with E-state index in [1.54, 1.807) is 24.3 Å². The molecule has 0 aliphatic carbocycles. The molecular weight excluding hydrogens is 601 g/mol. The van der Waals surface area contributed by atoms with Gasteiger partial charge in [-0.2, -0.15) is 10.2 Å². The molecule has 0 aromatic heterocycles. The quantitative estimate of drug-likeness (QED) is 0.0605. The fourth-order valence-corrected chi connectivity index (χ4v) is 6.96. The molecule has 2 aromatic rings. The van der Waals surface area contributed by atoms with Crippen LogP contribution >= 0.6 is 0 Å². The van der Waals surface area contributed by atoms with Crippen LogP contribution in [0.5, 0.6) is 0 Å². The predicted molar refractivity (Wildman–Crippen MR) is 212 cm³/mol. The minimum Gasteiger partial charge on any atom is -0.478 e. The van der Waals surface area contributed by atoms with E-state index in [1.807, 2.05) is 0 Å². The second kappa shape index (κ2) is 30.3. The lowest BCUT2D eigenvalue weighted by molar-refractivity contribution is 0.0697. The van der Waals surface area contributed by atoms with E-state index in [0.717, 1.165) is 18.5 Å². The normalized spacial score (nSPS) is 11.6. The number of aryl methyl sites for hydroxylation is 2. The van der Waals surface area contributed by atoms with Gasteiger partial charge in [-0.25, -0.2) is 4.79 Å². The number of hydrogen-bond donors (Lipinski definition) is 1. The molecule has 0 saturated heterocycles. The van der Waals surface area contributed by atoms with Crippen molar-refractivity contribution in [3.05, 3.63) is 59.2 Å². The summed E-state index contributed by atoms with van der Waals surface area (Å²) in [5.74, 6) is -0.925. The van der Waals surface area contributed by atoms with Crippen LogP contribution in [0.4, 0.5) is 11.4 Å². The molecule has 4 nitrogen and oxygen atoms in total. The fourth-order valence-electron chi connectivity index (χ4n) is 6.96. The molecule has 0 fully saturated rings. The first-order valence-electron chi connectivity index (χ1n) is 21.0. The van der Waals surface area contributed by atoms with Gasteiger partial charge in [0.15, 0.2) is 0 Å². The molecule has 0 aliphatic rings. The van der Waals surface area contributed by atoms with Crippen LogP contribution in [-0.2, 0) is 12.8 Å². The smallest absolute Gasteiger partial charge is 0.335 e. The molecule has 276 valence electrons. The standard InChI is InChI=1S/C45H74N2O2/c1-3-5-7-9-11-13-15-17-19-21-23-25-27-29-31-40-33-38-44(47-46-43-36-34-41(35-37-43)45(48)49)39-42(40)32-30-28-26-24-22-20-18-16-14-12-10-8-6-4-2/h33-39H,3-32H2,1-2H3,(H,48,49). The predicted octanol–water partition coefficient (Wildman–Crippen LogP) is 15.8. The summed E-state index contributed by atoms with van der Waals surface area (Å²) in [6.45, 7) is 4.59. The van der Waals surface area contributed by atoms with Crippen molar-refractivity contribution in [2.75, 3.05) is 0 Å². The minimum atomic E-state index is -0.925. The van der Waals surface area contributed by atoms with E-state index in [-0.39, 0.29) is 5.56 Å². The highest BCUT2D eigenvalue weighted by Gasteiger charge is 2.06. The average molecular weight is 675 g/mol. The first kappa shape index (κ1) is 42.7. The Morgan fingerprint density at radius 3 is 1.14 bits per heavy atom. The molecular formula is C45H74N2O2. The molecule has 49 heavy (non-hydrogen) atoms. The van der Waals surface area contributed by atoms with Crippen molar-refractivity contribution < 1.29 is 9.90 Å². The number of rotatable bonds is 33. The zero-order chi connectivity index (χ0) is 35.0. The maximum atomic E-state index is 11.2. The molecule has 4 heteroatoms. The van der Waals surface area contributed by atoms with E-state index in [9.17, 15) is 4.79 Å². The SMILES string of the molecule is CCCCCCCCCCCCCCCCc1ccc(N=Nc2ccc(C(=O)O)cc2)cc1CCCCCCCCCCCCCCCC. The Labute approximate surface area is 302 Å². The van der Waals surface area contributed by atoms with Crippen molar-refractivity contribution in [2.24, 2.45) is 10.2 Å². The Kier molecular flexibility index (Phi) is 26.4. The molecule has 0 spiro atoms. The highest BCUT2D eigenvalue weighted by Crippen LogP contribution is 2.25. The average Bonchev–Trinajstić information content (AvgIpc) is 3.11. The molecule has 0 radical (unpaired) electrons. The molecule has 0 aliphatic heterocycles. The summed E-state index contributed by atoms with van der Waals surface area (Å²) in [6.07, 6.45) is 41.1. The van der Waals surface area contributed by atoms with Crippen LogP contribution in [0, 0.1) is 0 Å². The van der Waals surface area contributed by atoms with Gasteiger partial charge in [0, 0.05) is 0 Å². The summed E-state index contributed by atoms with van der Waals surface area (Å²) in [7, 11) is 0. The summed E-state index contributed by atoms with van der Waals surface area (Å²) in [4.78, 5) is 11.2. The van der Waals surface area contributed by atoms with Gasteiger partial charge in [-0.3, -0.25) is 0 Å². The largest absolute Gasteiger partial charge is 0.478 e. The lowest BCUT2D eigenvalue weighted by atomic mass is 9.95. The van der Waals surface area contributed by atoms with Crippen molar-refractivity contribution in [2.45, 2.75) is 206 Å². The summed E-state index contributed by atoms with van der Waals surface area (Å²) in [5, 5.41) is 18.1. The Morgan fingerprint density at radius 2 is 0.755 bits per heavy atom. The van der Waals surface area contributed by atoms with Crippen LogP contribution in [0.3, 0.4) is 0 Å². The van der Waals surface area contributed by atoms with E-state index in [1.165, 1.54) is 191 Å². The van der Waals surface area contributed by atoms with Gasteiger partial charge < -0.3 is 5.11 Å². The molecule has 0 unspecified atom stereocenters. The summed E-state index contributed by atoms with van der Waals surface area (Å²) < 4.78 is 0. The van der Waals surface area contributed by atoms with Gasteiger partial charge in [0.1, 0.15) is 0 Å². The van der Waals surface area contributed by atoms with E-state index in [2.05, 4.69) is 42.3 Å². The van der Waals surface area contributed by atoms with Gasteiger partial charge >= 0.3 is 5.97 Å². The number of aromatic carboxylic acids is 1. The maximum absolute atomic E-state index is 11.2. The van der Waals surface area contributed by atoms with Gasteiger partial charge in [0.05, 0.1) is 16.9 Å². The van der Waals surface area contributed by atoms with Gasteiger partial charge in [0.2, 0.25) is 0 Å². The monoisotopic (exact) mass is 675 g/mol. The number of azo groups is 1. The summed E-state index contributed by atoms with van der Waals surface area (Å²) in [5.41, 5.74) is 4.74. The zero-order valence-electron chi connectivity index (χ0n) is 32.0. The Hall–Kier alpha value is -2.49. The number of carboxylic acids is 1. The zero-order valence-corrected chi connectivity index (χ0v) is 32.0. The Balaban J connectivity index is 1.71. The third-order valence-corrected chi connectivity index (χ3v) is 10.2. The molecule has 0 atom stereocenters. The van der Waals surface area contributed by atoms with Crippen LogP contribution in [-0.4, -0.2) is 11.1 Å². The second-order valence-corrected chi connectivity index (χ2v) is 14.7.